The van der Waals surface area contributed by atoms with Gasteiger partial charge in [0.15, 0.2) is 0 Å². The average Bonchev–Trinajstić information content (AvgIpc) is 2.46. The second-order valence-corrected chi connectivity index (χ2v) is 3.97. The summed E-state index contributed by atoms with van der Waals surface area (Å²) in [7, 11) is 0. The molecule has 0 saturated heterocycles. The molecule has 0 bridgehead atoms. The van der Waals surface area contributed by atoms with Crippen molar-refractivity contribution in [1.82, 2.24) is 9.38 Å². The fourth-order valence-corrected chi connectivity index (χ4v) is 1.59. The molecule has 0 N–H and O–H groups in total. The third-order valence-corrected chi connectivity index (χ3v) is 2.35. The number of rotatable bonds is 1. The number of nitrogens with zero attached hydrogens (tertiary/aromatic N) is 2. The van der Waals surface area contributed by atoms with Gasteiger partial charge in [-0.15, -0.1) is 11.6 Å². The first-order chi connectivity index (χ1) is 6.18. The van der Waals surface area contributed by atoms with Crippen molar-refractivity contribution in [2.75, 3.05) is 0 Å². The molecule has 68 valence electrons. The molecule has 0 spiro atoms. The van der Waals surface area contributed by atoms with Gasteiger partial charge in [-0.25, -0.2) is 4.98 Å². The molecule has 0 aromatic carbocycles. The maximum atomic E-state index is 5.97. The third-order valence-electron chi connectivity index (χ3n) is 1.91. The minimum absolute atomic E-state index is 0.0616. The van der Waals surface area contributed by atoms with Gasteiger partial charge < -0.3 is 4.40 Å². The van der Waals surface area contributed by atoms with Crippen LogP contribution < -0.4 is 0 Å². The monoisotopic (exact) mass is 214 g/mol. The van der Waals surface area contributed by atoms with Crippen LogP contribution in [0.15, 0.2) is 24.5 Å². The lowest BCUT2D eigenvalue weighted by molar-refractivity contribution is 0.963. The van der Waals surface area contributed by atoms with Crippen LogP contribution in [0.1, 0.15) is 18.0 Å². The van der Waals surface area contributed by atoms with Gasteiger partial charge in [-0.05, 0) is 19.1 Å². The standard InChI is InChI=1S/C9H8Cl2N2/c1-6(10)8-4-12-9-3-2-7(11)5-13(8)9/h2-6H,1H3/t6-/m0/s1. The summed E-state index contributed by atoms with van der Waals surface area (Å²) in [5.41, 5.74) is 1.83. The molecule has 0 aliphatic carbocycles. The molecule has 0 radical (unpaired) electrons. The highest BCUT2D eigenvalue weighted by molar-refractivity contribution is 6.30. The fourth-order valence-electron chi connectivity index (χ4n) is 1.27. The predicted octanol–water partition coefficient (Wildman–Crippen LogP) is 3.29. The molecule has 2 aromatic rings. The second-order valence-electron chi connectivity index (χ2n) is 2.87. The number of pyridine rings is 1. The number of alkyl halides is 1. The summed E-state index contributed by atoms with van der Waals surface area (Å²) in [5, 5.41) is 0.623. The highest BCUT2D eigenvalue weighted by Gasteiger charge is 2.07. The van der Waals surface area contributed by atoms with E-state index in [1.165, 1.54) is 0 Å². The Balaban J connectivity index is 2.71. The van der Waals surface area contributed by atoms with E-state index in [1.807, 2.05) is 29.7 Å². The largest absolute Gasteiger partial charge is 0.301 e. The van der Waals surface area contributed by atoms with E-state index in [1.54, 1.807) is 6.20 Å². The average molecular weight is 215 g/mol. The Hall–Kier alpha value is -0.730. The molecule has 13 heavy (non-hydrogen) atoms. The first kappa shape index (κ1) is 8.85. The first-order valence-corrected chi connectivity index (χ1v) is 4.76. The zero-order valence-electron chi connectivity index (χ0n) is 7.04. The third kappa shape index (κ3) is 1.52. The highest BCUT2D eigenvalue weighted by Crippen LogP contribution is 2.21. The summed E-state index contributed by atoms with van der Waals surface area (Å²) in [4.78, 5) is 4.20. The second kappa shape index (κ2) is 3.20. The minimum Gasteiger partial charge on any atom is -0.301 e. The smallest absolute Gasteiger partial charge is 0.137 e. The molecule has 0 amide bonds. The predicted molar refractivity (Wildman–Crippen MR) is 54.5 cm³/mol. The SMILES string of the molecule is C[C@H](Cl)c1cnc2ccc(Cl)cn12. The molecule has 4 heteroatoms. The Labute approximate surface area is 86.1 Å². The molecule has 2 nitrogen and oxygen atoms in total. The van der Waals surface area contributed by atoms with Crippen molar-refractivity contribution in [3.05, 3.63) is 35.2 Å². The van der Waals surface area contributed by atoms with E-state index >= 15 is 0 Å². The number of hydrogen-bond acceptors (Lipinski definition) is 1. The molecule has 0 aliphatic heterocycles. The fraction of sp³-hybridized carbons (Fsp3) is 0.222. The Morgan fingerprint density at radius 1 is 1.46 bits per heavy atom. The molecule has 0 saturated carbocycles. The van der Waals surface area contributed by atoms with Crippen LogP contribution in [0.25, 0.3) is 5.65 Å². The van der Waals surface area contributed by atoms with Gasteiger partial charge in [0.2, 0.25) is 0 Å². The number of fused-ring (bicyclic) bond motifs is 1. The number of halogens is 2. The van der Waals surface area contributed by atoms with Crippen LogP contribution in [0.2, 0.25) is 5.02 Å². The molecule has 2 rings (SSSR count). The maximum absolute atomic E-state index is 5.97. The number of hydrogen-bond donors (Lipinski definition) is 0. The topological polar surface area (TPSA) is 17.3 Å². The van der Waals surface area contributed by atoms with Crippen molar-refractivity contribution in [2.45, 2.75) is 12.3 Å². The Bertz CT molecular complexity index is 434. The normalized spacial score (nSPS) is 13.5. The molecular weight excluding hydrogens is 207 g/mol. The van der Waals surface area contributed by atoms with Gasteiger partial charge >= 0.3 is 0 Å². The molecule has 2 heterocycles. The van der Waals surface area contributed by atoms with Crippen molar-refractivity contribution in [1.29, 1.82) is 0 Å². The van der Waals surface area contributed by atoms with Crippen molar-refractivity contribution in [2.24, 2.45) is 0 Å². The summed E-state index contributed by atoms with van der Waals surface area (Å²) in [6.07, 6.45) is 3.58. The van der Waals surface area contributed by atoms with Crippen molar-refractivity contribution in [3.63, 3.8) is 0 Å². The summed E-state index contributed by atoms with van der Waals surface area (Å²) in [6.45, 7) is 1.91. The zero-order valence-corrected chi connectivity index (χ0v) is 8.55. The lowest BCUT2D eigenvalue weighted by Crippen LogP contribution is -1.92. The lowest BCUT2D eigenvalue weighted by atomic mass is 10.3. The van der Waals surface area contributed by atoms with Gasteiger partial charge in [-0.3, -0.25) is 0 Å². The Morgan fingerprint density at radius 2 is 2.23 bits per heavy atom. The van der Waals surface area contributed by atoms with E-state index in [9.17, 15) is 0 Å². The quantitative estimate of drug-likeness (QED) is 0.667. The molecule has 1 atom stereocenters. The lowest BCUT2D eigenvalue weighted by Gasteiger charge is -2.02. The minimum atomic E-state index is -0.0616. The molecule has 0 fully saturated rings. The van der Waals surface area contributed by atoms with E-state index in [4.69, 9.17) is 23.2 Å². The van der Waals surface area contributed by atoms with Crippen LogP contribution in [-0.2, 0) is 0 Å². The molecule has 0 aliphatic rings. The van der Waals surface area contributed by atoms with E-state index in [0.29, 0.717) is 5.02 Å². The van der Waals surface area contributed by atoms with Crippen LogP contribution >= 0.6 is 23.2 Å². The zero-order chi connectivity index (χ0) is 9.42. The van der Waals surface area contributed by atoms with Gasteiger partial charge in [0.1, 0.15) is 5.65 Å². The van der Waals surface area contributed by atoms with Crippen molar-refractivity contribution >= 4 is 28.8 Å². The number of aromatic nitrogens is 2. The molecular formula is C9H8Cl2N2. The molecule has 0 unspecified atom stereocenters. The van der Waals surface area contributed by atoms with E-state index in [-0.39, 0.29) is 5.38 Å². The maximum Gasteiger partial charge on any atom is 0.137 e. The van der Waals surface area contributed by atoms with Crippen LogP contribution in [0.5, 0.6) is 0 Å². The van der Waals surface area contributed by atoms with Gasteiger partial charge in [0.25, 0.3) is 0 Å². The summed E-state index contributed by atoms with van der Waals surface area (Å²) < 4.78 is 1.90. The van der Waals surface area contributed by atoms with Crippen LogP contribution in [0.3, 0.4) is 0 Å². The van der Waals surface area contributed by atoms with E-state index in [0.717, 1.165) is 11.3 Å². The highest BCUT2D eigenvalue weighted by atomic mass is 35.5. The van der Waals surface area contributed by atoms with Crippen molar-refractivity contribution < 1.29 is 0 Å². The first-order valence-electron chi connectivity index (χ1n) is 3.95. The Kier molecular flexibility index (Phi) is 2.18. The van der Waals surface area contributed by atoms with E-state index < -0.39 is 0 Å². The summed E-state index contributed by atoms with van der Waals surface area (Å²) >= 11 is 11.8. The summed E-state index contributed by atoms with van der Waals surface area (Å²) in [6, 6.07) is 3.68. The van der Waals surface area contributed by atoms with Gasteiger partial charge in [0.05, 0.1) is 22.3 Å². The van der Waals surface area contributed by atoms with Gasteiger partial charge in [0, 0.05) is 6.20 Å². The van der Waals surface area contributed by atoms with E-state index in [2.05, 4.69) is 4.98 Å². The van der Waals surface area contributed by atoms with Gasteiger partial charge in [-0.2, -0.15) is 0 Å². The van der Waals surface area contributed by atoms with Crippen molar-refractivity contribution in [3.8, 4) is 0 Å². The van der Waals surface area contributed by atoms with Crippen LogP contribution in [-0.4, -0.2) is 9.38 Å². The van der Waals surface area contributed by atoms with Crippen LogP contribution in [0.4, 0.5) is 0 Å². The van der Waals surface area contributed by atoms with Gasteiger partial charge in [-0.1, -0.05) is 11.6 Å². The summed E-state index contributed by atoms with van der Waals surface area (Å²) in [5.74, 6) is 0. The number of imidazole rings is 1. The van der Waals surface area contributed by atoms with Crippen LogP contribution in [0, 0.1) is 0 Å². The molecule has 2 aromatic heterocycles. The Morgan fingerprint density at radius 3 is 2.92 bits per heavy atom.